The molecular formula is C44H86O2. The summed E-state index contributed by atoms with van der Waals surface area (Å²) in [6, 6.07) is 0. The molecule has 0 rings (SSSR count). The Morgan fingerprint density at radius 1 is 0.326 bits per heavy atom. The van der Waals surface area contributed by atoms with Crippen LogP contribution in [0.4, 0.5) is 0 Å². The summed E-state index contributed by atoms with van der Waals surface area (Å²) in [4.78, 5) is 10.4. The number of carbonyl (C=O) groups is 1. The average Bonchev–Trinajstić information content (AvgIpc) is 3.05. The third kappa shape index (κ3) is 49.8. The first-order chi connectivity index (χ1) is 22.7. The Balaban J connectivity index is 0. The number of unbranched alkanes of at least 4 members (excludes halogenated alkanes) is 31. The third-order valence-electron chi connectivity index (χ3n) is 9.27. The maximum atomic E-state index is 10.4. The fourth-order valence-corrected chi connectivity index (χ4v) is 6.08. The zero-order valence-corrected chi connectivity index (χ0v) is 32.1. The molecule has 1 N–H and O–H groups in total. The Labute approximate surface area is 291 Å². The molecule has 0 saturated carbocycles. The van der Waals surface area contributed by atoms with Crippen LogP contribution in [0.2, 0.25) is 0 Å². The molecule has 0 amide bonds. The van der Waals surface area contributed by atoms with Gasteiger partial charge in [0.1, 0.15) is 0 Å². The third-order valence-corrected chi connectivity index (χ3v) is 9.27. The Morgan fingerprint density at radius 3 is 0.739 bits per heavy atom. The van der Waals surface area contributed by atoms with Gasteiger partial charge in [0.05, 0.1) is 0 Å². The van der Waals surface area contributed by atoms with Crippen molar-refractivity contribution in [2.24, 2.45) is 0 Å². The van der Waals surface area contributed by atoms with Gasteiger partial charge in [0.2, 0.25) is 0 Å². The molecule has 2 nitrogen and oxygen atoms in total. The normalized spacial score (nSPS) is 11.5. The van der Waals surface area contributed by atoms with Crippen molar-refractivity contribution in [3.8, 4) is 0 Å². The highest BCUT2D eigenvalue weighted by Gasteiger charge is 1.97. The van der Waals surface area contributed by atoms with E-state index in [1.807, 2.05) is 0 Å². The predicted octanol–water partition coefficient (Wildman–Crippen LogP) is 16.3. The lowest BCUT2D eigenvalue weighted by Gasteiger charge is -2.01. The van der Waals surface area contributed by atoms with E-state index in [9.17, 15) is 4.79 Å². The van der Waals surface area contributed by atoms with Crippen molar-refractivity contribution in [1.29, 1.82) is 0 Å². The quantitative estimate of drug-likeness (QED) is 0.0538. The smallest absolute Gasteiger partial charge is 0.303 e. The van der Waals surface area contributed by atoms with Gasteiger partial charge >= 0.3 is 5.97 Å². The highest BCUT2D eigenvalue weighted by atomic mass is 16.4. The average molecular weight is 647 g/mol. The summed E-state index contributed by atoms with van der Waals surface area (Å²) in [5, 5.41) is 8.55. The molecule has 0 atom stereocenters. The van der Waals surface area contributed by atoms with E-state index in [0.29, 0.717) is 6.42 Å². The Morgan fingerprint density at radius 2 is 0.522 bits per heavy atom. The van der Waals surface area contributed by atoms with E-state index in [4.69, 9.17) is 5.11 Å². The van der Waals surface area contributed by atoms with Crippen LogP contribution in [-0.2, 0) is 4.79 Å². The number of rotatable bonds is 37. The summed E-state index contributed by atoms with van der Waals surface area (Å²) in [5.41, 5.74) is 0. The van der Waals surface area contributed by atoms with Gasteiger partial charge in [0, 0.05) is 6.42 Å². The minimum atomic E-state index is -0.656. The molecule has 0 aliphatic carbocycles. The van der Waals surface area contributed by atoms with Gasteiger partial charge in [-0.2, -0.15) is 0 Å². The Kier molecular flexibility index (Phi) is 47.1. The largest absolute Gasteiger partial charge is 0.481 e. The van der Waals surface area contributed by atoms with Crippen molar-refractivity contribution in [3.05, 3.63) is 24.3 Å². The maximum Gasteiger partial charge on any atom is 0.303 e. The van der Waals surface area contributed by atoms with Crippen molar-refractivity contribution in [2.45, 2.75) is 252 Å². The van der Waals surface area contributed by atoms with Gasteiger partial charge in [-0.15, -0.1) is 0 Å². The number of hydrogen-bond donors (Lipinski definition) is 1. The summed E-state index contributed by atoms with van der Waals surface area (Å²) in [6.07, 6.45) is 57.5. The molecule has 0 aromatic rings. The van der Waals surface area contributed by atoms with E-state index >= 15 is 0 Å². The van der Waals surface area contributed by atoms with Gasteiger partial charge in [-0.3, -0.25) is 4.79 Å². The van der Waals surface area contributed by atoms with Crippen LogP contribution in [0.25, 0.3) is 0 Å². The summed E-state index contributed by atoms with van der Waals surface area (Å²) in [5.74, 6) is -0.656. The van der Waals surface area contributed by atoms with E-state index in [2.05, 4.69) is 45.1 Å². The number of allylic oxidation sites excluding steroid dienone is 4. The second-order valence-corrected chi connectivity index (χ2v) is 14.1. The van der Waals surface area contributed by atoms with Gasteiger partial charge in [-0.05, 0) is 57.8 Å². The van der Waals surface area contributed by atoms with Crippen molar-refractivity contribution < 1.29 is 9.90 Å². The van der Waals surface area contributed by atoms with E-state index in [0.717, 1.165) is 12.8 Å². The van der Waals surface area contributed by atoms with E-state index < -0.39 is 5.97 Å². The Hall–Kier alpha value is -1.05. The second-order valence-electron chi connectivity index (χ2n) is 14.1. The molecule has 0 saturated heterocycles. The minimum absolute atomic E-state index is 0.340. The van der Waals surface area contributed by atoms with Crippen LogP contribution in [0.15, 0.2) is 24.3 Å². The molecule has 0 fully saturated rings. The van der Waals surface area contributed by atoms with Crippen molar-refractivity contribution >= 4 is 5.97 Å². The van der Waals surface area contributed by atoms with Gasteiger partial charge in [-0.25, -0.2) is 0 Å². The minimum Gasteiger partial charge on any atom is -0.481 e. The topological polar surface area (TPSA) is 37.3 Å². The molecule has 0 aliphatic heterocycles. The highest BCUT2D eigenvalue weighted by Crippen LogP contribution is 2.14. The highest BCUT2D eigenvalue weighted by molar-refractivity contribution is 5.66. The molecular weight excluding hydrogens is 560 g/mol. The maximum absolute atomic E-state index is 10.4. The molecule has 46 heavy (non-hydrogen) atoms. The van der Waals surface area contributed by atoms with Crippen molar-refractivity contribution in [1.82, 2.24) is 0 Å². The van der Waals surface area contributed by atoms with Crippen molar-refractivity contribution in [3.63, 3.8) is 0 Å². The molecule has 0 heterocycles. The van der Waals surface area contributed by atoms with Crippen LogP contribution in [0.5, 0.6) is 0 Å². The van der Waals surface area contributed by atoms with Gasteiger partial charge in [0.25, 0.3) is 0 Å². The standard InChI is InChI=1S/C22H42O2.C22H44/c1-2-3-4-5-6-7-8-9-10-11-12-13-14-15-16-17-18-19-20-21-22(23)24;1-3-5-7-9-11-13-15-17-19-21-22-20-18-16-14-12-10-8-6-4-2/h9-10H,2-8,11-21H2,1H3,(H,23,24);17,19H,3-16,18,20-22H2,1-2H3. The molecule has 0 radical (unpaired) electrons. The van der Waals surface area contributed by atoms with Crippen molar-refractivity contribution in [2.75, 3.05) is 0 Å². The number of hydrogen-bond acceptors (Lipinski definition) is 1. The molecule has 0 unspecified atom stereocenters. The van der Waals surface area contributed by atoms with Gasteiger partial charge in [0.15, 0.2) is 0 Å². The van der Waals surface area contributed by atoms with Crippen LogP contribution in [-0.4, -0.2) is 11.1 Å². The summed E-state index contributed by atoms with van der Waals surface area (Å²) < 4.78 is 0. The lowest BCUT2D eigenvalue weighted by atomic mass is 10.1. The number of aliphatic carboxylic acids is 1. The monoisotopic (exact) mass is 647 g/mol. The molecule has 0 aliphatic rings. The van der Waals surface area contributed by atoms with Gasteiger partial charge in [-0.1, -0.05) is 212 Å². The second kappa shape index (κ2) is 46.1. The van der Waals surface area contributed by atoms with E-state index in [1.165, 1.54) is 212 Å². The number of carboxylic acids is 1. The fraction of sp³-hybridized carbons (Fsp3) is 0.886. The van der Waals surface area contributed by atoms with E-state index in [1.54, 1.807) is 0 Å². The summed E-state index contributed by atoms with van der Waals surface area (Å²) in [7, 11) is 0. The first-order valence-electron chi connectivity index (χ1n) is 21.2. The van der Waals surface area contributed by atoms with Crippen LogP contribution in [0.1, 0.15) is 252 Å². The first-order valence-corrected chi connectivity index (χ1v) is 21.2. The molecule has 274 valence electrons. The van der Waals surface area contributed by atoms with Crippen LogP contribution in [0.3, 0.4) is 0 Å². The molecule has 0 aromatic carbocycles. The van der Waals surface area contributed by atoms with Crippen LogP contribution >= 0.6 is 0 Å². The molecule has 0 bridgehead atoms. The first kappa shape index (κ1) is 47.1. The molecule has 0 spiro atoms. The number of carboxylic acid groups (broad SMARTS) is 1. The van der Waals surface area contributed by atoms with E-state index in [-0.39, 0.29) is 0 Å². The van der Waals surface area contributed by atoms with Crippen LogP contribution in [0, 0.1) is 0 Å². The Bertz CT molecular complexity index is 593. The van der Waals surface area contributed by atoms with Crippen LogP contribution < -0.4 is 0 Å². The zero-order valence-electron chi connectivity index (χ0n) is 32.1. The molecule has 0 aromatic heterocycles. The zero-order chi connectivity index (χ0) is 33.9. The lowest BCUT2D eigenvalue weighted by molar-refractivity contribution is -0.137. The lowest BCUT2D eigenvalue weighted by Crippen LogP contribution is -1.93. The molecule has 2 heteroatoms. The summed E-state index contributed by atoms with van der Waals surface area (Å²) >= 11 is 0. The SMILES string of the molecule is CCCCCCCCC=CCCCCCCCCCCCC.CCCCCCCCC=CCCCCCCCCCCCC(=O)O. The predicted molar refractivity (Wildman–Crippen MR) is 209 cm³/mol. The van der Waals surface area contributed by atoms with Gasteiger partial charge < -0.3 is 5.11 Å². The summed E-state index contributed by atoms with van der Waals surface area (Å²) in [6.45, 7) is 6.85. The fourth-order valence-electron chi connectivity index (χ4n) is 6.08.